The van der Waals surface area contributed by atoms with Crippen LogP contribution >= 0.6 is 11.6 Å². The van der Waals surface area contributed by atoms with Gasteiger partial charge in [-0.25, -0.2) is 9.97 Å². The van der Waals surface area contributed by atoms with E-state index in [1.165, 1.54) is 24.5 Å². The minimum Gasteiger partial charge on any atom is -0.456 e. The monoisotopic (exact) mass is 558 g/mol. The molecule has 0 unspecified atom stereocenters. The molecule has 0 aliphatic carbocycles. The molecule has 2 aromatic carbocycles. The molecule has 4 aromatic rings. The molecule has 0 atom stereocenters. The minimum atomic E-state index is -4.48. The Morgan fingerprint density at radius 1 is 1.15 bits per heavy atom. The van der Waals surface area contributed by atoms with Crippen LogP contribution < -0.4 is 15.4 Å². The second-order valence-corrected chi connectivity index (χ2v) is 9.23. The van der Waals surface area contributed by atoms with Gasteiger partial charge < -0.3 is 24.8 Å². The van der Waals surface area contributed by atoms with Crippen molar-refractivity contribution >= 4 is 40.0 Å². The van der Waals surface area contributed by atoms with Crippen LogP contribution in [0.2, 0.25) is 5.02 Å². The molecule has 0 aliphatic heterocycles. The summed E-state index contributed by atoms with van der Waals surface area (Å²) < 4.78 is 46.6. The highest BCUT2D eigenvalue weighted by Crippen LogP contribution is 2.36. The number of fused-ring (bicyclic) bond motifs is 1. The maximum absolute atomic E-state index is 13.0. The molecule has 4 rings (SSSR count). The summed E-state index contributed by atoms with van der Waals surface area (Å²) in [7, 11) is 3.84. The zero-order chi connectivity index (χ0) is 28.0. The summed E-state index contributed by atoms with van der Waals surface area (Å²) in [5, 5.41) is 6.26. The molecular weight excluding hydrogens is 533 g/mol. The summed E-state index contributed by atoms with van der Waals surface area (Å²) >= 11 is 6.38. The minimum absolute atomic E-state index is 0.0167. The van der Waals surface area contributed by atoms with Gasteiger partial charge in [-0.1, -0.05) is 23.7 Å². The zero-order valence-corrected chi connectivity index (χ0v) is 21.9. The van der Waals surface area contributed by atoms with E-state index in [1.807, 2.05) is 35.8 Å². The first kappa shape index (κ1) is 27.9. The Balaban J connectivity index is 1.45. The SMILES string of the molecule is CN(C)C/C=C/C(=O)NCCn1ccc2ncnc(Nc3ccc(Oc4cccc(C(F)(F)F)c4)c(Cl)c3)c21. The van der Waals surface area contributed by atoms with E-state index in [2.05, 4.69) is 20.6 Å². The van der Waals surface area contributed by atoms with Crippen LogP contribution in [-0.2, 0) is 17.5 Å². The van der Waals surface area contributed by atoms with Crippen LogP contribution in [0.25, 0.3) is 11.0 Å². The van der Waals surface area contributed by atoms with Gasteiger partial charge in [0.25, 0.3) is 0 Å². The molecule has 2 N–H and O–H groups in total. The van der Waals surface area contributed by atoms with E-state index in [1.54, 1.807) is 24.3 Å². The van der Waals surface area contributed by atoms with Crippen LogP contribution in [0.5, 0.6) is 11.5 Å². The molecule has 204 valence electrons. The first-order chi connectivity index (χ1) is 18.6. The Bertz CT molecular complexity index is 1490. The molecule has 0 fully saturated rings. The molecule has 1 amide bonds. The number of anilines is 2. The fourth-order valence-corrected chi connectivity index (χ4v) is 3.92. The summed E-state index contributed by atoms with van der Waals surface area (Å²) in [6.45, 7) is 1.56. The summed E-state index contributed by atoms with van der Waals surface area (Å²) in [6.07, 6.45) is 2.11. The topological polar surface area (TPSA) is 84.3 Å². The zero-order valence-electron chi connectivity index (χ0n) is 21.2. The maximum Gasteiger partial charge on any atom is 0.416 e. The Kier molecular flexibility index (Phi) is 8.72. The fraction of sp³-hybridized carbons (Fsp3) is 0.222. The van der Waals surface area contributed by atoms with Gasteiger partial charge >= 0.3 is 6.18 Å². The maximum atomic E-state index is 13.0. The Labute approximate surface area is 228 Å². The first-order valence-corrected chi connectivity index (χ1v) is 12.3. The van der Waals surface area contributed by atoms with Crippen molar-refractivity contribution in [2.24, 2.45) is 0 Å². The van der Waals surface area contributed by atoms with Crippen LogP contribution in [0.15, 0.2) is 73.2 Å². The second-order valence-electron chi connectivity index (χ2n) is 8.82. The molecule has 12 heteroatoms. The molecule has 2 heterocycles. The number of nitrogens with zero attached hydrogens (tertiary/aromatic N) is 4. The third-order valence-corrected chi connectivity index (χ3v) is 5.82. The highest BCUT2D eigenvalue weighted by Gasteiger charge is 2.30. The van der Waals surface area contributed by atoms with Crippen molar-refractivity contribution in [1.29, 1.82) is 0 Å². The summed E-state index contributed by atoms with van der Waals surface area (Å²) in [5.74, 6) is 0.561. The van der Waals surface area contributed by atoms with Gasteiger partial charge in [-0.15, -0.1) is 0 Å². The summed E-state index contributed by atoms with van der Waals surface area (Å²) in [6, 6.07) is 11.2. The normalized spacial score (nSPS) is 11.9. The number of hydrogen-bond donors (Lipinski definition) is 2. The average Bonchev–Trinajstić information content (AvgIpc) is 3.29. The predicted octanol–water partition coefficient (Wildman–Crippen LogP) is 5.87. The van der Waals surface area contributed by atoms with Crippen molar-refractivity contribution < 1.29 is 22.7 Å². The van der Waals surface area contributed by atoms with Crippen molar-refractivity contribution in [1.82, 2.24) is 24.8 Å². The Morgan fingerprint density at radius 2 is 1.97 bits per heavy atom. The van der Waals surface area contributed by atoms with Crippen LogP contribution in [0.3, 0.4) is 0 Å². The van der Waals surface area contributed by atoms with Gasteiger partial charge in [0.05, 0.1) is 16.1 Å². The number of benzene rings is 2. The quantitative estimate of drug-likeness (QED) is 0.237. The standard InChI is InChI=1S/C27H26ClF3N6O2/c1-36(2)12-4-7-24(38)32-11-14-37-13-10-22-25(37)26(34-17-33-22)35-19-8-9-23(21(28)16-19)39-20-6-3-5-18(15-20)27(29,30)31/h3-10,13,15-17H,11-12,14H2,1-2H3,(H,32,38)(H,33,34,35)/b7-4+. The number of nitrogens with one attached hydrogen (secondary N) is 2. The molecular formula is C27H26ClF3N6O2. The molecule has 39 heavy (non-hydrogen) atoms. The number of ether oxygens (including phenoxy) is 1. The second kappa shape index (κ2) is 12.2. The number of amides is 1. The van der Waals surface area contributed by atoms with Gasteiger partial charge in [-0.3, -0.25) is 4.79 Å². The molecule has 0 saturated heterocycles. The molecule has 2 aromatic heterocycles. The van der Waals surface area contributed by atoms with Crippen LogP contribution in [0, 0.1) is 0 Å². The molecule has 0 saturated carbocycles. The van der Waals surface area contributed by atoms with Gasteiger partial charge in [0.1, 0.15) is 23.3 Å². The van der Waals surface area contributed by atoms with Crippen molar-refractivity contribution in [3.8, 4) is 11.5 Å². The van der Waals surface area contributed by atoms with E-state index in [-0.39, 0.29) is 22.4 Å². The van der Waals surface area contributed by atoms with Crippen molar-refractivity contribution in [3.05, 3.63) is 83.8 Å². The van der Waals surface area contributed by atoms with Crippen molar-refractivity contribution in [2.75, 3.05) is 32.5 Å². The Hall–Kier alpha value is -4.09. The van der Waals surface area contributed by atoms with E-state index in [0.29, 0.717) is 36.7 Å². The number of halogens is 4. The van der Waals surface area contributed by atoms with Crippen molar-refractivity contribution in [3.63, 3.8) is 0 Å². The lowest BCUT2D eigenvalue weighted by Gasteiger charge is -2.13. The third-order valence-electron chi connectivity index (χ3n) is 5.53. The van der Waals surface area contributed by atoms with Gasteiger partial charge in [-0.2, -0.15) is 13.2 Å². The summed E-state index contributed by atoms with van der Waals surface area (Å²) in [5.41, 5.74) is 1.21. The average molecular weight is 559 g/mol. The van der Waals surface area contributed by atoms with Crippen LogP contribution in [-0.4, -0.2) is 52.5 Å². The molecule has 8 nitrogen and oxygen atoms in total. The lowest BCUT2D eigenvalue weighted by Crippen LogP contribution is -2.25. The van der Waals surface area contributed by atoms with Gasteiger partial charge in [0, 0.05) is 37.6 Å². The van der Waals surface area contributed by atoms with Crippen molar-refractivity contribution in [2.45, 2.75) is 12.7 Å². The number of aromatic nitrogens is 3. The predicted molar refractivity (Wildman–Crippen MR) is 144 cm³/mol. The number of hydrogen-bond acceptors (Lipinski definition) is 6. The van der Waals surface area contributed by atoms with Crippen LogP contribution in [0.1, 0.15) is 5.56 Å². The number of likely N-dealkylation sites (N-methyl/N-ethyl adjacent to an activating group) is 1. The number of carbonyl (C=O) groups excluding carboxylic acids is 1. The Morgan fingerprint density at radius 3 is 2.72 bits per heavy atom. The lowest BCUT2D eigenvalue weighted by atomic mass is 10.2. The fourth-order valence-electron chi connectivity index (χ4n) is 3.70. The largest absolute Gasteiger partial charge is 0.456 e. The molecule has 0 spiro atoms. The lowest BCUT2D eigenvalue weighted by molar-refractivity contribution is -0.137. The van der Waals surface area contributed by atoms with E-state index in [0.717, 1.165) is 17.6 Å². The van der Waals surface area contributed by atoms with Gasteiger partial charge in [0.15, 0.2) is 5.82 Å². The first-order valence-electron chi connectivity index (χ1n) is 11.9. The van der Waals surface area contributed by atoms with E-state index < -0.39 is 11.7 Å². The smallest absolute Gasteiger partial charge is 0.416 e. The highest BCUT2D eigenvalue weighted by atomic mass is 35.5. The third kappa shape index (κ3) is 7.49. The van der Waals surface area contributed by atoms with E-state index in [9.17, 15) is 18.0 Å². The molecule has 0 radical (unpaired) electrons. The molecule has 0 aliphatic rings. The molecule has 0 bridgehead atoms. The number of alkyl halides is 3. The summed E-state index contributed by atoms with van der Waals surface area (Å²) in [4.78, 5) is 22.6. The van der Waals surface area contributed by atoms with Gasteiger partial charge in [0.2, 0.25) is 5.91 Å². The van der Waals surface area contributed by atoms with E-state index >= 15 is 0 Å². The number of rotatable bonds is 10. The van der Waals surface area contributed by atoms with E-state index in [4.69, 9.17) is 16.3 Å². The van der Waals surface area contributed by atoms with Gasteiger partial charge in [-0.05, 0) is 56.6 Å². The highest BCUT2D eigenvalue weighted by molar-refractivity contribution is 6.32. The number of carbonyl (C=O) groups is 1. The van der Waals surface area contributed by atoms with Crippen LogP contribution in [0.4, 0.5) is 24.7 Å².